The Balaban J connectivity index is 2.98. The van der Waals surface area contributed by atoms with Crippen molar-refractivity contribution >= 4 is 11.8 Å². The van der Waals surface area contributed by atoms with Crippen molar-refractivity contribution in [2.75, 3.05) is 13.3 Å². The highest BCUT2D eigenvalue weighted by molar-refractivity contribution is 7.99. The summed E-state index contributed by atoms with van der Waals surface area (Å²) in [6, 6.07) is 0. The molecule has 0 aromatic rings. The molecule has 0 amide bonds. The topological polar surface area (TPSA) is 3.24 Å². The Labute approximate surface area is 93.6 Å². The van der Waals surface area contributed by atoms with Crippen LogP contribution in [0.25, 0.3) is 0 Å². The lowest BCUT2D eigenvalue weighted by Crippen LogP contribution is -2.64. The molecule has 0 spiro atoms. The lowest BCUT2D eigenvalue weighted by molar-refractivity contribution is -0.0195. The van der Waals surface area contributed by atoms with Gasteiger partial charge in [-0.1, -0.05) is 6.92 Å². The fourth-order valence-corrected chi connectivity index (χ4v) is 4.52. The van der Waals surface area contributed by atoms with Crippen LogP contribution in [-0.2, 0) is 0 Å². The van der Waals surface area contributed by atoms with Crippen molar-refractivity contribution in [3.05, 3.63) is 0 Å². The van der Waals surface area contributed by atoms with E-state index < -0.39 is 0 Å². The van der Waals surface area contributed by atoms with Crippen molar-refractivity contribution < 1.29 is 0 Å². The average molecular weight is 215 g/mol. The Morgan fingerprint density at radius 2 is 1.71 bits per heavy atom. The minimum absolute atomic E-state index is 0.306. The van der Waals surface area contributed by atoms with E-state index in [1.54, 1.807) is 0 Å². The highest BCUT2D eigenvalue weighted by Gasteiger charge is 2.47. The van der Waals surface area contributed by atoms with Crippen molar-refractivity contribution in [2.45, 2.75) is 57.4 Å². The molecule has 0 aromatic heterocycles. The third kappa shape index (κ3) is 1.83. The molecule has 0 bridgehead atoms. The number of likely N-dealkylation sites (tertiary alicyclic amines) is 1. The number of hydrogen-bond donors (Lipinski definition) is 0. The largest absolute Gasteiger partial charge is 0.295 e. The molecule has 1 aliphatic rings. The van der Waals surface area contributed by atoms with Gasteiger partial charge in [-0.05, 0) is 53.3 Å². The lowest BCUT2D eigenvalue weighted by atomic mass is 9.74. The van der Waals surface area contributed by atoms with Crippen LogP contribution in [0.2, 0.25) is 0 Å². The summed E-state index contributed by atoms with van der Waals surface area (Å²) in [6.07, 6.45) is 3.55. The van der Waals surface area contributed by atoms with Crippen molar-refractivity contribution in [2.24, 2.45) is 5.92 Å². The molecule has 0 N–H and O–H groups in total. The fourth-order valence-electron chi connectivity index (χ4n) is 3.22. The predicted octanol–water partition coefficient (Wildman–Crippen LogP) is 3.25. The Morgan fingerprint density at radius 3 is 2.14 bits per heavy atom. The third-order valence-corrected chi connectivity index (χ3v) is 5.61. The molecule has 1 nitrogen and oxygen atoms in total. The molecule has 0 saturated carbocycles. The van der Waals surface area contributed by atoms with E-state index in [4.69, 9.17) is 0 Å². The maximum Gasteiger partial charge on any atom is 0.0276 e. The molecule has 2 unspecified atom stereocenters. The van der Waals surface area contributed by atoms with Crippen LogP contribution in [0.3, 0.4) is 0 Å². The van der Waals surface area contributed by atoms with Gasteiger partial charge in [-0.25, -0.2) is 0 Å². The van der Waals surface area contributed by atoms with Gasteiger partial charge in [0, 0.05) is 16.3 Å². The van der Waals surface area contributed by atoms with E-state index in [0.29, 0.717) is 11.1 Å². The molecule has 1 saturated heterocycles. The Kier molecular flexibility index (Phi) is 3.28. The summed E-state index contributed by atoms with van der Waals surface area (Å²) in [7, 11) is 2.27. The minimum atomic E-state index is 0.306. The molecule has 14 heavy (non-hydrogen) atoms. The van der Waals surface area contributed by atoms with Gasteiger partial charge in [0.15, 0.2) is 0 Å². The van der Waals surface area contributed by atoms with Gasteiger partial charge in [0.2, 0.25) is 0 Å². The zero-order chi connectivity index (χ0) is 11.1. The normalized spacial score (nSPS) is 37.1. The molecule has 1 fully saturated rings. The first kappa shape index (κ1) is 12.4. The van der Waals surface area contributed by atoms with Gasteiger partial charge in [0.05, 0.1) is 0 Å². The zero-order valence-electron chi connectivity index (χ0n) is 10.7. The molecule has 0 aliphatic carbocycles. The second kappa shape index (κ2) is 3.71. The van der Waals surface area contributed by atoms with E-state index in [1.165, 1.54) is 6.42 Å². The number of thioether (sulfide) groups is 1. The molecule has 1 aliphatic heterocycles. The maximum absolute atomic E-state index is 2.56. The predicted molar refractivity (Wildman–Crippen MR) is 67.0 cm³/mol. The van der Waals surface area contributed by atoms with Crippen LogP contribution in [0.4, 0.5) is 0 Å². The van der Waals surface area contributed by atoms with Crippen molar-refractivity contribution in [3.63, 3.8) is 0 Å². The standard InChI is InChI=1S/C12H25NS/c1-9-8-11(2,3)13(6)12(4,5)10(9)14-7/h9-10H,8H2,1-7H3. The Hall–Kier alpha value is 0.310. The fraction of sp³-hybridized carbons (Fsp3) is 1.00. The summed E-state index contributed by atoms with van der Waals surface area (Å²) in [4.78, 5) is 2.56. The van der Waals surface area contributed by atoms with Crippen LogP contribution < -0.4 is 0 Å². The molecule has 1 heterocycles. The smallest absolute Gasteiger partial charge is 0.0276 e. The van der Waals surface area contributed by atoms with Crippen LogP contribution in [0.1, 0.15) is 41.0 Å². The van der Waals surface area contributed by atoms with Crippen LogP contribution in [0.5, 0.6) is 0 Å². The minimum Gasteiger partial charge on any atom is -0.295 e. The van der Waals surface area contributed by atoms with Gasteiger partial charge in [0.1, 0.15) is 0 Å². The van der Waals surface area contributed by atoms with Crippen molar-refractivity contribution in [3.8, 4) is 0 Å². The summed E-state index contributed by atoms with van der Waals surface area (Å²) in [6.45, 7) is 11.9. The van der Waals surface area contributed by atoms with E-state index in [0.717, 1.165) is 11.2 Å². The van der Waals surface area contributed by atoms with E-state index in [-0.39, 0.29) is 0 Å². The number of piperidine rings is 1. The number of nitrogens with zero attached hydrogens (tertiary/aromatic N) is 1. The molecule has 84 valence electrons. The highest BCUT2D eigenvalue weighted by Crippen LogP contribution is 2.44. The molecule has 0 aromatic carbocycles. The lowest BCUT2D eigenvalue weighted by Gasteiger charge is -2.57. The summed E-state index contributed by atoms with van der Waals surface area (Å²) in [5.74, 6) is 0.811. The van der Waals surface area contributed by atoms with Crippen molar-refractivity contribution in [1.82, 2.24) is 4.90 Å². The molecule has 2 heteroatoms. The highest BCUT2D eigenvalue weighted by atomic mass is 32.2. The van der Waals surface area contributed by atoms with E-state index >= 15 is 0 Å². The zero-order valence-corrected chi connectivity index (χ0v) is 11.5. The van der Waals surface area contributed by atoms with Gasteiger partial charge in [-0.3, -0.25) is 4.90 Å². The second-order valence-corrected chi connectivity index (χ2v) is 6.84. The molecular weight excluding hydrogens is 190 g/mol. The van der Waals surface area contributed by atoms with E-state index in [1.807, 2.05) is 11.8 Å². The number of rotatable bonds is 1. The van der Waals surface area contributed by atoms with Gasteiger partial charge < -0.3 is 0 Å². The van der Waals surface area contributed by atoms with Crippen LogP contribution in [-0.4, -0.2) is 34.5 Å². The third-order valence-electron chi connectivity index (χ3n) is 4.06. The van der Waals surface area contributed by atoms with E-state index in [2.05, 4.69) is 52.8 Å². The van der Waals surface area contributed by atoms with Crippen LogP contribution in [0, 0.1) is 5.92 Å². The quantitative estimate of drug-likeness (QED) is 0.660. The average Bonchev–Trinajstić information content (AvgIpc) is 2.00. The summed E-state index contributed by atoms with van der Waals surface area (Å²) in [5, 5.41) is 0.750. The van der Waals surface area contributed by atoms with Gasteiger partial charge in [0.25, 0.3) is 0 Å². The first-order valence-electron chi connectivity index (χ1n) is 5.50. The maximum atomic E-state index is 2.56. The van der Waals surface area contributed by atoms with Crippen molar-refractivity contribution in [1.29, 1.82) is 0 Å². The summed E-state index contributed by atoms with van der Waals surface area (Å²) in [5.41, 5.74) is 0.649. The second-order valence-electron chi connectivity index (χ2n) is 5.86. The summed E-state index contributed by atoms with van der Waals surface area (Å²) >= 11 is 2.02. The molecule has 2 atom stereocenters. The Morgan fingerprint density at radius 1 is 1.21 bits per heavy atom. The molecule has 1 rings (SSSR count). The number of hydrogen-bond acceptors (Lipinski definition) is 2. The van der Waals surface area contributed by atoms with Crippen LogP contribution >= 0.6 is 11.8 Å². The van der Waals surface area contributed by atoms with Gasteiger partial charge >= 0.3 is 0 Å². The van der Waals surface area contributed by atoms with Crippen LogP contribution in [0.15, 0.2) is 0 Å². The van der Waals surface area contributed by atoms with Gasteiger partial charge in [-0.15, -0.1) is 0 Å². The summed E-state index contributed by atoms with van der Waals surface area (Å²) < 4.78 is 0. The Bertz CT molecular complexity index is 206. The monoisotopic (exact) mass is 215 g/mol. The molecule has 0 radical (unpaired) electrons. The SMILES string of the molecule is CSC1C(C)CC(C)(C)N(C)C1(C)C. The van der Waals surface area contributed by atoms with Gasteiger partial charge in [-0.2, -0.15) is 11.8 Å². The molecular formula is C12H25NS. The van der Waals surface area contributed by atoms with E-state index in [9.17, 15) is 0 Å². The first-order chi connectivity index (χ1) is 6.23. The first-order valence-corrected chi connectivity index (χ1v) is 6.79.